The summed E-state index contributed by atoms with van der Waals surface area (Å²) >= 11 is 0. The van der Waals surface area contributed by atoms with E-state index in [1.165, 1.54) is 35.4 Å². The molecule has 0 saturated carbocycles. The molecule has 0 radical (unpaired) electrons. The summed E-state index contributed by atoms with van der Waals surface area (Å²) < 4.78 is 12.8. The molecular formula is C17H16FNO. The summed E-state index contributed by atoms with van der Waals surface area (Å²) in [6, 6.07) is 14.2. The van der Waals surface area contributed by atoms with Crippen LogP contribution in [0.4, 0.5) is 4.39 Å². The third kappa shape index (κ3) is 2.72. The van der Waals surface area contributed by atoms with E-state index in [4.69, 9.17) is 0 Å². The van der Waals surface area contributed by atoms with Gasteiger partial charge in [0.15, 0.2) is 0 Å². The topological polar surface area (TPSA) is 29.1 Å². The third-order valence-corrected chi connectivity index (χ3v) is 3.79. The summed E-state index contributed by atoms with van der Waals surface area (Å²) in [4.78, 5) is 12.1. The second-order valence-corrected chi connectivity index (χ2v) is 5.19. The molecule has 2 aromatic carbocycles. The van der Waals surface area contributed by atoms with Gasteiger partial charge < -0.3 is 5.32 Å². The van der Waals surface area contributed by atoms with Gasteiger partial charge in [-0.3, -0.25) is 4.79 Å². The number of aryl methyl sites for hydroxylation is 1. The highest BCUT2D eigenvalue weighted by Gasteiger charge is 2.20. The zero-order chi connectivity index (χ0) is 13.9. The third-order valence-electron chi connectivity index (χ3n) is 3.79. The van der Waals surface area contributed by atoms with Crippen molar-refractivity contribution in [2.24, 2.45) is 0 Å². The first-order chi connectivity index (χ1) is 9.72. The van der Waals surface area contributed by atoms with Gasteiger partial charge in [-0.2, -0.15) is 0 Å². The highest BCUT2D eigenvalue weighted by atomic mass is 19.1. The Morgan fingerprint density at radius 2 is 1.75 bits per heavy atom. The largest absolute Gasteiger partial charge is 0.349 e. The quantitative estimate of drug-likeness (QED) is 0.891. The second kappa shape index (κ2) is 5.45. The molecule has 0 heterocycles. The van der Waals surface area contributed by atoms with Crippen LogP contribution in [0, 0.1) is 5.82 Å². The number of amides is 1. The fraction of sp³-hybridized carbons (Fsp3) is 0.235. The molecule has 0 spiro atoms. The number of benzene rings is 2. The summed E-state index contributed by atoms with van der Waals surface area (Å²) in [5.41, 5.74) is 3.19. The molecule has 1 atom stereocenters. The molecule has 1 N–H and O–H groups in total. The monoisotopic (exact) mass is 269 g/mol. The Bertz CT molecular complexity index is 621. The Labute approximate surface area is 117 Å². The van der Waals surface area contributed by atoms with Crippen LogP contribution in [-0.2, 0) is 12.8 Å². The van der Waals surface area contributed by atoms with Crippen molar-refractivity contribution in [1.29, 1.82) is 0 Å². The molecule has 0 bridgehead atoms. The lowest BCUT2D eigenvalue weighted by Crippen LogP contribution is -2.38. The van der Waals surface area contributed by atoms with Gasteiger partial charge in [0.2, 0.25) is 0 Å². The minimum atomic E-state index is -0.326. The van der Waals surface area contributed by atoms with E-state index in [0.29, 0.717) is 5.56 Å². The van der Waals surface area contributed by atoms with Crippen molar-refractivity contribution >= 4 is 5.91 Å². The fourth-order valence-electron chi connectivity index (χ4n) is 2.69. The van der Waals surface area contributed by atoms with E-state index in [1.54, 1.807) is 0 Å². The van der Waals surface area contributed by atoms with E-state index in [-0.39, 0.29) is 17.8 Å². The standard InChI is InChI=1S/C17H16FNO/c18-15-8-5-13(6-9-15)17(20)19-16-10-7-12-3-1-2-4-14(12)11-16/h1-6,8-9,16H,7,10-11H2,(H,19,20)/t16-/m0/s1. The Balaban J connectivity index is 1.67. The van der Waals surface area contributed by atoms with Crippen molar-refractivity contribution in [3.63, 3.8) is 0 Å². The second-order valence-electron chi connectivity index (χ2n) is 5.19. The lowest BCUT2D eigenvalue weighted by Gasteiger charge is -2.25. The van der Waals surface area contributed by atoms with Crippen molar-refractivity contribution in [1.82, 2.24) is 5.32 Å². The summed E-state index contributed by atoms with van der Waals surface area (Å²) in [6.07, 6.45) is 2.80. The van der Waals surface area contributed by atoms with E-state index in [2.05, 4.69) is 23.5 Å². The number of hydrogen-bond donors (Lipinski definition) is 1. The van der Waals surface area contributed by atoms with Gasteiger partial charge in [0.25, 0.3) is 5.91 Å². The number of carbonyl (C=O) groups excluding carboxylic acids is 1. The number of nitrogens with one attached hydrogen (secondary N) is 1. The normalized spacial score (nSPS) is 17.4. The zero-order valence-electron chi connectivity index (χ0n) is 11.1. The van der Waals surface area contributed by atoms with Crippen LogP contribution in [-0.4, -0.2) is 11.9 Å². The SMILES string of the molecule is O=C(N[C@H]1CCc2ccccc2C1)c1ccc(F)cc1. The maximum absolute atomic E-state index is 12.8. The molecule has 0 unspecified atom stereocenters. The molecule has 1 amide bonds. The van der Waals surface area contributed by atoms with Crippen LogP contribution >= 0.6 is 0 Å². The van der Waals surface area contributed by atoms with Crippen LogP contribution in [0.2, 0.25) is 0 Å². The van der Waals surface area contributed by atoms with Gasteiger partial charge in [0, 0.05) is 11.6 Å². The number of rotatable bonds is 2. The minimum Gasteiger partial charge on any atom is -0.349 e. The molecular weight excluding hydrogens is 253 g/mol. The van der Waals surface area contributed by atoms with Crippen molar-refractivity contribution < 1.29 is 9.18 Å². The average Bonchev–Trinajstić information content (AvgIpc) is 2.48. The van der Waals surface area contributed by atoms with E-state index in [0.717, 1.165) is 19.3 Å². The van der Waals surface area contributed by atoms with E-state index < -0.39 is 0 Å². The molecule has 3 heteroatoms. The molecule has 2 aromatic rings. The molecule has 0 aliphatic heterocycles. The van der Waals surface area contributed by atoms with Crippen molar-refractivity contribution in [2.75, 3.05) is 0 Å². The van der Waals surface area contributed by atoms with E-state index in [1.807, 2.05) is 6.07 Å². The predicted octanol–water partition coefficient (Wildman–Crippen LogP) is 3.11. The van der Waals surface area contributed by atoms with Crippen molar-refractivity contribution in [3.05, 3.63) is 71.0 Å². The minimum absolute atomic E-state index is 0.130. The lowest BCUT2D eigenvalue weighted by atomic mass is 9.88. The molecule has 3 rings (SSSR count). The Hall–Kier alpha value is -2.16. The van der Waals surface area contributed by atoms with Crippen LogP contribution in [0.15, 0.2) is 48.5 Å². The van der Waals surface area contributed by atoms with Gasteiger partial charge in [-0.05, 0) is 54.7 Å². The first-order valence-corrected chi connectivity index (χ1v) is 6.85. The smallest absolute Gasteiger partial charge is 0.251 e. The highest BCUT2D eigenvalue weighted by molar-refractivity contribution is 5.94. The van der Waals surface area contributed by atoms with Crippen LogP contribution < -0.4 is 5.32 Å². The van der Waals surface area contributed by atoms with Crippen LogP contribution in [0.5, 0.6) is 0 Å². The van der Waals surface area contributed by atoms with Gasteiger partial charge in [-0.15, -0.1) is 0 Å². The van der Waals surface area contributed by atoms with Crippen LogP contribution in [0.3, 0.4) is 0 Å². The summed E-state index contributed by atoms with van der Waals surface area (Å²) in [6.45, 7) is 0. The molecule has 102 valence electrons. The maximum Gasteiger partial charge on any atom is 0.251 e. The van der Waals surface area contributed by atoms with Gasteiger partial charge in [-0.1, -0.05) is 24.3 Å². The Morgan fingerprint density at radius 1 is 1.05 bits per heavy atom. The number of fused-ring (bicyclic) bond motifs is 1. The molecule has 20 heavy (non-hydrogen) atoms. The van der Waals surface area contributed by atoms with Gasteiger partial charge in [0.05, 0.1) is 0 Å². The van der Waals surface area contributed by atoms with Gasteiger partial charge in [-0.25, -0.2) is 4.39 Å². The molecule has 1 aliphatic rings. The van der Waals surface area contributed by atoms with Gasteiger partial charge >= 0.3 is 0 Å². The molecule has 0 saturated heterocycles. The highest BCUT2D eigenvalue weighted by Crippen LogP contribution is 2.21. The van der Waals surface area contributed by atoms with Crippen molar-refractivity contribution in [3.8, 4) is 0 Å². The van der Waals surface area contributed by atoms with E-state index >= 15 is 0 Å². The first kappa shape index (κ1) is 12.9. The average molecular weight is 269 g/mol. The maximum atomic E-state index is 12.8. The van der Waals surface area contributed by atoms with Gasteiger partial charge in [0.1, 0.15) is 5.82 Å². The number of hydrogen-bond acceptors (Lipinski definition) is 1. The first-order valence-electron chi connectivity index (χ1n) is 6.85. The van der Waals surface area contributed by atoms with Crippen LogP contribution in [0.1, 0.15) is 27.9 Å². The Kier molecular flexibility index (Phi) is 3.50. The number of halogens is 1. The molecule has 2 nitrogen and oxygen atoms in total. The van der Waals surface area contributed by atoms with Crippen molar-refractivity contribution in [2.45, 2.75) is 25.3 Å². The summed E-state index contributed by atoms with van der Waals surface area (Å²) in [5.74, 6) is -0.456. The van der Waals surface area contributed by atoms with Crippen LogP contribution in [0.25, 0.3) is 0 Å². The Morgan fingerprint density at radius 3 is 2.50 bits per heavy atom. The zero-order valence-corrected chi connectivity index (χ0v) is 11.1. The summed E-state index contributed by atoms with van der Waals surface area (Å²) in [5, 5.41) is 3.03. The molecule has 0 fully saturated rings. The fourth-order valence-corrected chi connectivity index (χ4v) is 2.69. The number of carbonyl (C=O) groups is 1. The molecule has 0 aromatic heterocycles. The summed E-state index contributed by atoms with van der Waals surface area (Å²) in [7, 11) is 0. The molecule has 1 aliphatic carbocycles. The van der Waals surface area contributed by atoms with E-state index in [9.17, 15) is 9.18 Å². The predicted molar refractivity (Wildman–Crippen MR) is 76.1 cm³/mol. The lowest BCUT2D eigenvalue weighted by molar-refractivity contribution is 0.0933.